The number of benzene rings is 3. The molecule has 0 aliphatic heterocycles. The van der Waals surface area contributed by atoms with Crippen molar-refractivity contribution in [3.05, 3.63) is 95.6 Å². The van der Waals surface area contributed by atoms with Gasteiger partial charge in [0.25, 0.3) is 5.91 Å². The SMILES string of the molecule is CC(=O)Oc1cccc(C(=O)Nc2ccc(NC(=O)/C=C/c3cccc(C)c3)cc2)c1. The molecule has 31 heavy (non-hydrogen) atoms. The zero-order valence-corrected chi connectivity index (χ0v) is 17.2. The van der Waals surface area contributed by atoms with Crippen molar-refractivity contribution in [2.75, 3.05) is 10.6 Å². The maximum Gasteiger partial charge on any atom is 0.308 e. The lowest BCUT2D eigenvalue weighted by Crippen LogP contribution is -2.12. The van der Waals surface area contributed by atoms with Crippen molar-refractivity contribution in [2.24, 2.45) is 0 Å². The Hall–Kier alpha value is -4.19. The summed E-state index contributed by atoms with van der Waals surface area (Å²) in [4.78, 5) is 35.6. The van der Waals surface area contributed by atoms with E-state index in [1.54, 1.807) is 48.5 Å². The predicted molar refractivity (Wildman–Crippen MR) is 121 cm³/mol. The number of aryl methyl sites for hydroxylation is 1. The molecule has 0 aliphatic carbocycles. The first-order chi connectivity index (χ1) is 14.9. The average Bonchev–Trinajstić information content (AvgIpc) is 2.73. The summed E-state index contributed by atoms with van der Waals surface area (Å²) in [5.41, 5.74) is 3.60. The van der Waals surface area contributed by atoms with Crippen molar-refractivity contribution in [1.82, 2.24) is 0 Å². The second-order valence-corrected chi connectivity index (χ2v) is 6.89. The van der Waals surface area contributed by atoms with E-state index in [1.165, 1.54) is 19.1 Å². The van der Waals surface area contributed by atoms with E-state index < -0.39 is 5.97 Å². The molecular formula is C25H22N2O4. The highest BCUT2D eigenvalue weighted by Gasteiger charge is 2.08. The summed E-state index contributed by atoms with van der Waals surface area (Å²) < 4.78 is 5.00. The Morgan fingerprint density at radius 3 is 2.19 bits per heavy atom. The van der Waals surface area contributed by atoms with Crippen molar-refractivity contribution >= 4 is 35.2 Å². The molecule has 3 aromatic carbocycles. The summed E-state index contributed by atoms with van der Waals surface area (Å²) >= 11 is 0. The smallest absolute Gasteiger partial charge is 0.308 e. The molecule has 0 aliphatic rings. The summed E-state index contributed by atoms with van der Waals surface area (Å²) in [6, 6.07) is 21.0. The van der Waals surface area contributed by atoms with Crippen LogP contribution in [0.15, 0.2) is 78.9 Å². The Morgan fingerprint density at radius 2 is 1.52 bits per heavy atom. The number of nitrogens with one attached hydrogen (secondary N) is 2. The van der Waals surface area contributed by atoms with E-state index in [4.69, 9.17) is 4.74 Å². The maximum absolute atomic E-state index is 12.4. The van der Waals surface area contributed by atoms with Gasteiger partial charge in [-0.3, -0.25) is 14.4 Å². The largest absolute Gasteiger partial charge is 0.427 e. The van der Waals surface area contributed by atoms with Gasteiger partial charge in [0.05, 0.1) is 0 Å². The molecule has 0 unspecified atom stereocenters. The standard InChI is InChI=1S/C25H22N2O4/c1-17-5-3-6-19(15-17)9-14-24(29)26-21-10-12-22(13-11-21)27-25(30)20-7-4-8-23(16-20)31-18(2)28/h3-16H,1-2H3,(H,26,29)(H,27,30)/b14-9+. The molecule has 0 atom stereocenters. The molecule has 0 spiro atoms. The summed E-state index contributed by atoms with van der Waals surface area (Å²) in [6.07, 6.45) is 3.22. The van der Waals surface area contributed by atoms with Gasteiger partial charge in [-0.15, -0.1) is 0 Å². The molecule has 0 aromatic heterocycles. The molecule has 0 fully saturated rings. The minimum absolute atomic E-state index is 0.249. The second kappa shape index (κ2) is 10.0. The average molecular weight is 414 g/mol. The number of hydrogen-bond donors (Lipinski definition) is 2. The van der Waals surface area contributed by atoms with Crippen molar-refractivity contribution < 1.29 is 19.1 Å². The molecule has 3 rings (SSSR count). The van der Waals surface area contributed by atoms with Gasteiger partial charge in [-0.2, -0.15) is 0 Å². The maximum atomic E-state index is 12.4. The number of rotatable bonds is 6. The molecule has 0 heterocycles. The van der Waals surface area contributed by atoms with Gasteiger partial charge >= 0.3 is 5.97 Å². The first kappa shape index (κ1) is 21.5. The topological polar surface area (TPSA) is 84.5 Å². The molecule has 156 valence electrons. The minimum atomic E-state index is -0.455. The van der Waals surface area contributed by atoms with Gasteiger partial charge in [-0.1, -0.05) is 35.9 Å². The highest BCUT2D eigenvalue weighted by molar-refractivity contribution is 6.05. The molecule has 6 nitrogen and oxygen atoms in total. The van der Waals surface area contributed by atoms with Crippen LogP contribution in [0.1, 0.15) is 28.4 Å². The fourth-order valence-corrected chi connectivity index (χ4v) is 2.84. The minimum Gasteiger partial charge on any atom is -0.427 e. The first-order valence-electron chi connectivity index (χ1n) is 9.65. The molecule has 0 radical (unpaired) electrons. The molecule has 2 N–H and O–H groups in total. The number of anilines is 2. The van der Waals surface area contributed by atoms with E-state index >= 15 is 0 Å². The Bertz CT molecular complexity index is 1130. The van der Waals surface area contributed by atoms with Gasteiger partial charge < -0.3 is 15.4 Å². The fourth-order valence-electron chi connectivity index (χ4n) is 2.84. The van der Waals surface area contributed by atoms with Gasteiger partial charge in [0.1, 0.15) is 5.75 Å². The third kappa shape index (κ3) is 6.68. The Morgan fingerprint density at radius 1 is 0.839 bits per heavy atom. The predicted octanol–water partition coefficient (Wildman–Crippen LogP) is 4.82. The lowest BCUT2D eigenvalue weighted by atomic mass is 10.1. The van der Waals surface area contributed by atoms with Crippen molar-refractivity contribution in [3.8, 4) is 5.75 Å². The van der Waals surface area contributed by atoms with E-state index in [2.05, 4.69) is 10.6 Å². The van der Waals surface area contributed by atoms with E-state index in [0.29, 0.717) is 22.7 Å². The number of esters is 1. The summed E-state index contributed by atoms with van der Waals surface area (Å²) in [7, 11) is 0. The third-order valence-electron chi connectivity index (χ3n) is 4.24. The molecule has 2 amide bonds. The summed E-state index contributed by atoms with van der Waals surface area (Å²) in [5, 5.41) is 5.54. The van der Waals surface area contributed by atoms with Gasteiger partial charge in [-0.25, -0.2) is 0 Å². The fraction of sp³-hybridized carbons (Fsp3) is 0.0800. The van der Waals surface area contributed by atoms with Crippen molar-refractivity contribution in [3.63, 3.8) is 0 Å². The normalized spacial score (nSPS) is 10.5. The first-order valence-corrected chi connectivity index (χ1v) is 9.65. The number of ether oxygens (including phenoxy) is 1. The van der Waals surface area contributed by atoms with Crippen LogP contribution in [0.3, 0.4) is 0 Å². The van der Waals surface area contributed by atoms with Crippen molar-refractivity contribution in [1.29, 1.82) is 0 Å². The van der Waals surface area contributed by atoms with E-state index in [9.17, 15) is 14.4 Å². The zero-order valence-electron chi connectivity index (χ0n) is 17.2. The molecule has 0 saturated heterocycles. The Labute approximate surface area is 180 Å². The van der Waals surface area contributed by atoms with Gasteiger partial charge in [0.2, 0.25) is 5.91 Å². The van der Waals surface area contributed by atoms with Crippen LogP contribution in [0.5, 0.6) is 5.75 Å². The van der Waals surface area contributed by atoms with Crippen LogP contribution >= 0.6 is 0 Å². The van der Waals surface area contributed by atoms with Gasteiger partial charge in [0.15, 0.2) is 0 Å². The number of carbonyl (C=O) groups excluding carboxylic acids is 3. The van der Waals surface area contributed by atoms with Crippen LogP contribution in [0.4, 0.5) is 11.4 Å². The van der Waals surface area contributed by atoms with Crippen LogP contribution in [0.25, 0.3) is 6.08 Å². The highest BCUT2D eigenvalue weighted by Crippen LogP contribution is 2.17. The van der Waals surface area contributed by atoms with Crippen LogP contribution in [0, 0.1) is 6.92 Å². The van der Waals surface area contributed by atoms with Crippen LogP contribution in [-0.4, -0.2) is 17.8 Å². The van der Waals surface area contributed by atoms with E-state index in [-0.39, 0.29) is 11.8 Å². The van der Waals surface area contributed by atoms with Crippen LogP contribution in [-0.2, 0) is 9.59 Å². The van der Waals surface area contributed by atoms with Crippen LogP contribution in [0.2, 0.25) is 0 Å². The highest BCUT2D eigenvalue weighted by atomic mass is 16.5. The second-order valence-electron chi connectivity index (χ2n) is 6.89. The molecule has 3 aromatic rings. The monoisotopic (exact) mass is 414 g/mol. The summed E-state index contributed by atoms with van der Waals surface area (Å²) in [6.45, 7) is 3.29. The Balaban J connectivity index is 1.58. The summed E-state index contributed by atoms with van der Waals surface area (Å²) in [5.74, 6) is -0.742. The van der Waals surface area contributed by atoms with Crippen LogP contribution < -0.4 is 15.4 Å². The zero-order chi connectivity index (χ0) is 22.2. The van der Waals surface area contributed by atoms with E-state index in [0.717, 1.165) is 11.1 Å². The quantitative estimate of drug-likeness (QED) is 0.344. The van der Waals surface area contributed by atoms with Crippen molar-refractivity contribution in [2.45, 2.75) is 13.8 Å². The Kier molecular flexibility index (Phi) is 6.96. The number of hydrogen-bond acceptors (Lipinski definition) is 4. The van der Waals surface area contributed by atoms with Gasteiger partial charge in [-0.05, 0) is 61.0 Å². The molecule has 0 saturated carbocycles. The van der Waals surface area contributed by atoms with E-state index in [1.807, 2.05) is 31.2 Å². The van der Waals surface area contributed by atoms with Gasteiger partial charge in [0, 0.05) is 29.9 Å². The molecule has 6 heteroatoms. The lowest BCUT2D eigenvalue weighted by molar-refractivity contribution is -0.131. The molecule has 0 bridgehead atoms. The lowest BCUT2D eigenvalue weighted by Gasteiger charge is -2.08. The molecular weight excluding hydrogens is 392 g/mol. The third-order valence-corrected chi connectivity index (χ3v) is 4.24. The number of carbonyl (C=O) groups is 3. The number of amides is 2.